The highest BCUT2D eigenvalue weighted by Crippen LogP contribution is 2.18. The molecule has 0 N–H and O–H groups in total. The Labute approximate surface area is 131 Å². The summed E-state index contributed by atoms with van der Waals surface area (Å²) < 4.78 is 8.86. The Hall–Kier alpha value is -2.28. The van der Waals surface area contributed by atoms with Crippen LogP contribution in [0.4, 0.5) is 0 Å². The monoisotopic (exact) mass is 316 g/mol. The Balaban J connectivity index is 1.74. The average Bonchev–Trinajstić information content (AvgIpc) is 3.02. The van der Waals surface area contributed by atoms with E-state index in [0.29, 0.717) is 24.4 Å². The minimum atomic E-state index is -0.328. The van der Waals surface area contributed by atoms with Gasteiger partial charge in [-0.05, 0) is 19.1 Å². The van der Waals surface area contributed by atoms with Crippen LogP contribution < -0.4 is 5.76 Å². The first kappa shape index (κ1) is 14.6. The summed E-state index contributed by atoms with van der Waals surface area (Å²) in [6.07, 6.45) is 1.81. The van der Waals surface area contributed by atoms with Crippen molar-refractivity contribution in [2.24, 2.45) is 0 Å². The van der Waals surface area contributed by atoms with Crippen molar-refractivity contribution in [3.8, 4) is 0 Å². The molecule has 0 spiro atoms. The molecule has 3 aromatic rings. The number of hydrogen-bond donors (Lipinski definition) is 0. The van der Waals surface area contributed by atoms with Gasteiger partial charge >= 0.3 is 5.76 Å². The lowest BCUT2D eigenvalue weighted by atomic mass is 10.3. The Morgan fingerprint density at radius 2 is 2.14 bits per heavy atom. The number of aromatic nitrogens is 4. The highest BCUT2D eigenvalue weighted by Gasteiger charge is 2.11. The lowest BCUT2D eigenvalue weighted by Crippen LogP contribution is -2.15. The van der Waals surface area contributed by atoms with E-state index >= 15 is 0 Å². The number of aryl methyl sites for hydroxylation is 2. The third kappa shape index (κ3) is 2.71. The topological polar surface area (TPSA) is 65.8 Å². The number of allylic oxidation sites excluding steroid dienone is 1. The van der Waals surface area contributed by atoms with Crippen LogP contribution in [-0.2, 0) is 13.1 Å². The van der Waals surface area contributed by atoms with Crippen molar-refractivity contribution < 1.29 is 4.42 Å². The van der Waals surface area contributed by atoms with Crippen molar-refractivity contribution >= 4 is 22.9 Å². The summed E-state index contributed by atoms with van der Waals surface area (Å²) in [6, 6.07) is 7.43. The highest BCUT2D eigenvalue weighted by molar-refractivity contribution is 7.99. The lowest BCUT2D eigenvalue weighted by Gasteiger charge is -2.05. The molecule has 7 heteroatoms. The predicted octanol–water partition coefficient (Wildman–Crippen LogP) is 2.47. The third-order valence-corrected chi connectivity index (χ3v) is 4.28. The van der Waals surface area contributed by atoms with Gasteiger partial charge < -0.3 is 8.98 Å². The number of benzene rings is 1. The lowest BCUT2D eigenvalue weighted by molar-refractivity contribution is 0.514. The molecular weight excluding hydrogens is 300 g/mol. The smallest absolute Gasteiger partial charge is 0.408 e. The number of oxazole rings is 1. The largest absolute Gasteiger partial charge is 0.419 e. The van der Waals surface area contributed by atoms with Crippen LogP contribution in [-0.4, -0.2) is 25.1 Å². The van der Waals surface area contributed by atoms with Crippen LogP contribution in [0, 0.1) is 6.92 Å². The number of thioether (sulfide) groups is 1. The third-order valence-electron chi connectivity index (χ3n) is 3.33. The van der Waals surface area contributed by atoms with Crippen LogP contribution >= 0.6 is 11.8 Å². The summed E-state index contributed by atoms with van der Waals surface area (Å²) in [5.41, 5.74) is 1.43. The number of hydrogen-bond acceptors (Lipinski definition) is 5. The quantitative estimate of drug-likeness (QED) is 0.516. The average molecular weight is 316 g/mol. The summed E-state index contributed by atoms with van der Waals surface area (Å²) >= 11 is 1.56. The van der Waals surface area contributed by atoms with E-state index in [1.807, 2.05) is 35.8 Å². The van der Waals surface area contributed by atoms with Gasteiger partial charge in [-0.15, -0.1) is 16.8 Å². The molecule has 2 aromatic heterocycles. The fraction of sp³-hybridized carbons (Fsp3) is 0.267. The van der Waals surface area contributed by atoms with Crippen molar-refractivity contribution in [1.82, 2.24) is 19.3 Å². The maximum Gasteiger partial charge on any atom is 0.419 e. The van der Waals surface area contributed by atoms with E-state index in [1.54, 1.807) is 22.4 Å². The van der Waals surface area contributed by atoms with Crippen LogP contribution in [0.2, 0.25) is 0 Å². The molecule has 22 heavy (non-hydrogen) atoms. The predicted molar refractivity (Wildman–Crippen MR) is 86.2 cm³/mol. The number of fused-ring (bicyclic) bond motifs is 1. The zero-order valence-electron chi connectivity index (χ0n) is 12.2. The van der Waals surface area contributed by atoms with E-state index in [0.717, 1.165) is 16.5 Å². The summed E-state index contributed by atoms with van der Waals surface area (Å²) in [5, 5.41) is 9.06. The molecule has 2 heterocycles. The minimum Gasteiger partial charge on any atom is -0.408 e. The minimum absolute atomic E-state index is 0.328. The number of para-hydroxylation sites is 2. The fourth-order valence-corrected chi connectivity index (χ4v) is 3.18. The van der Waals surface area contributed by atoms with Crippen molar-refractivity contribution in [1.29, 1.82) is 0 Å². The van der Waals surface area contributed by atoms with Crippen molar-refractivity contribution in [2.75, 3.05) is 5.75 Å². The molecule has 0 aliphatic heterocycles. The molecule has 114 valence electrons. The van der Waals surface area contributed by atoms with Crippen LogP contribution in [0.5, 0.6) is 0 Å². The fourth-order valence-electron chi connectivity index (χ4n) is 2.26. The van der Waals surface area contributed by atoms with Gasteiger partial charge in [-0.2, -0.15) is 0 Å². The van der Waals surface area contributed by atoms with Crippen LogP contribution in [0.25, 0.3) is 11.1 Å². The first-order valence-electron chi connectivity index (χ1n) is 6.92. The van der Waals surface area contributed by atoms with Crippen LogP contribution in [0.15, 0.2) is 51.3 Å². The van der Waals surface area contributed by atoms with Crippen molar-refractivity contribution in [3.63, 3.8) is 0 Å². The van der Waals surface area contributed by atoms with Gasteiger partial charge in [-0.3, -0.25) is 4.57 Å². The molecule has 0 aliphatic carbocycles. The van der Waals surface area contributed by atoms with E-state index in [1.165, 1.54) is 0 Å². The molecular formula is C15H16N4O2S. The van der Waals surface area contributed by atoms with Gasteiger partial charge in [0.05, 0.1) is 5.52 Å². The molecule has 0 bridgehead atoms. The first-order chi connectivity index (χ1) is 10.7. The SMILES string of the molecule is C=CCn1c(C)nnc1SCCn1c(=O)oc2ccccc21. The Morgan fingerprint density at radius 1 is 1.32 bits per heavy atom. The summed E-state index contributed by atoms with van der Waals surface area (Å²) in [4.78, 5) is 11.9. The molecule has 0 saturated carbocycles. The highest BCUT2D eigenvalue weighted by atomic mass is 32.2. The van der Waals surface area contributed by atoms with Gasteiger partial charge in [0, 0.05) is 18.8 Å². The van der Waals surface area contributed by atoms with Gasteiger partial charge in [0.25, 0.3) is 0 Å². The second kappa shape index (κ2) is 6.23. The summed E-state index contributed by atoms with van der Waals surface area (Å²) in [5.74, 6) is 1.23. The normalized spacial score (nSPS) is 11.1. The molecule has 0 aliphatic rings. The molecule has 0 saturated heterocycles. The molecule has 0 fully saturated rings. The van der Waals surface area contributed by atoms with Gasteiger partial charge in [0.1, 0.15) is 5.82 Å². The van der Waals surface area contributed by atoms with E-state index in [9.17, 15) is 4.79 Å². The van der Waals surface area contributed by atoms with Crippen LogP contribution in [0.3, 0.4) is 0 Å². The van der Waals surface area contributed by atoms with E-state index in [4.69, 9.17) is 4.42 Å². The van der Waals surface area contributed by atoms with Gasteiger partial charge in [-0.25, -0.2) is 4.79 Å². The van der Waals surface area contributed by atoms with E-state index in [-0.39, 0.29) is 5.76 Å². The molecule has 0 radical (unpaired) electrons. The van der Waals surface area contributed by atoms with E-state index < -0.39 is 0 Å². The van der Waals surface area contributed by atoms with Gasteiger partial charge in [0.15, 0.2) is 10.7 Å². The molecule has 0 unspecified atom stereocenters. The molecule has 3 rings (SSSR count). The van der Waals surface area contributed by atoms with E-state index in [2.05, 4.69) is 16.8 Å². The zero-order valence-corrected chi connectivity index (χ0v) is 13.0. The maximum absolute atomic E-state index is 11.9. The van der Waals surface area contributed by atoms with Crippen molar-refractivity contribution in [3.05, 3.63) is 53.3 Å². The number of rotatable bonds is 6. The second-order valence-electron chi connectivity index (χ2n) is 4.76. The molecule has 0 atom stereocenters. The zero-order chi connectivity index (χ0) is 15.5. The molecule has 6 nitrogen and oxygen atoms in total. The van der Waals surface area contributed by atoms with Gasteiger partial charge in [0.2, 0.25) is 0 Å². The standard InChI is InChI=1S/C15H16N4O2S/c1-3-8-18-11(2)16-17-14(18)22-10-9-19-12-6-4-5-7-13(12)21-15(19)20/h3-7H,1,8-10H2,2H3. The van der Waals surface area contributed by atoms with Gasteiger partial charge in [-0.1, -0.05) is 30.0 Å². The summed E-state index contributed by atoms with van der Waals surface area (Å²) in [6.45, 7) is 6.88. The molecule has 1 aromatic carbocycles. The Morgan fingerprint density at radius 3 is 2.95 bits per heavy atom. The molecule has 0 amide bonds. The van der Waals surface area contributed by atoms with Crippen LogP contribution in [0.1, 0.15) is 5.82 Å². The maximum atomic E-state index is 11.9. The first-order valence-corrected chi connectivity index (χ1v) is 7.91. The number of nitrogens with zero attached hydrogens (tertiary/aromatic N) is 4. The Bertz CT molecular complexity index is 862. The summed E-state index contributed by atoms with van der Waals surface area (Å²) in [7, 11) is 0. The second-order valence-corrected chi connectivity index (χ2v) is 5.83. The Kier molecular flexibility index (Phi) is 4.15. The van der Waals surface area contributed by atoms with Crippen molar-refractivity contribution in [2.45, 2.75) is 25.2 Å².